The van der Waals surface area contributed by atoms with E-state index in [0.717, 1.165) is 6.26 Å². The number of rotatable bonds is 3. The molecule has 0 aliphatic rings. The minimum atomic E-state index is -3.30. The molecule has 120 valence electrons. The molecule has 1 N–H and O–H groups in total. The number of H-pyrrole nitrogens is 1. The van der Waals surface area contributed by atoms with Gasteiger partial charge in [-0.05, 0) is 51.2 Å². The van der Waals surface area contributed by atoms with E-state index in [1.807, 2.05) is 0 Å². The number of hydrogen-bond acceptors (Lipinski definition) is 5. The molecule has 6 nitrogen and oxygen atoms in total. The molecule has 0 fully saturated rings. The van der Waals surface area contributed by atoms with E-state index in [4.69, 9.17) is 17.0 Å². The molecule has 0 aliphatic heterocycles. The average Bonchev–Trinajstić information content (AvgIpc) is 2.61. The van der Waals surface area contributed by atoms with Crippen LogP contribution in [0.25, 0.3) is 11.0 Å². The summed E-state index contributed by atoms with van der Waals surface area (Å²) in [5, 5.41) is 0. The molecule has 22 heavy (non-hydrogen) atoms. The van der Waals surface area contributed by atoms with Crippen molar-refractivity contribution in [3.8, 4) is 0 Å². The number of carbonyl (C=O) groups excluding carboxylic acids is 1. The van der Waals surface area contributed by atoms with E-state index in [2.05, 4.69) is 4.98 Å². The van der Waals surface area contributed by atoms with Crippen molar-refractivity contribution >= 4 is 39.1 Å². The van der Waals surface area contributed by atoms with E-state index in [1.54, 1.807) is 31.4 Å². The summed E-state index contributed by atoms with van der Waals surface area (Å²) in [6, 6.07) is 4.63. The number of nitrogens with one attached hydrogen (secondary N) is 1. The summed E-state index contributed by atoms with van der Waals surface area (Å²) in [6.45, 7) is 5.33. The fourth-order valence-corrected chi connectivity index (χ4v) is 2.95. The van der Waals surface area contributed by atoms with Gasteiger partial charge in [-0.2, -0.15) is 0 Å². The Morgan fingerprint density at radius 3 is 2.55 bits per heavy atom. The number of aromatic nitrogens is 2. The molecule has 0 amide bonds. The number of imidazole rings is 1. The Morgan fingerprint density at radius 2 is 2.00 bits per heavy atom. The summed E-state index contributed by atoms with van der Waals surface area (Å²) < 4.78 is 30.4. The highest BCUT2D eigenvalue weighted by Gasteiger charge is 2.18. The molecule has 0 spiro atoms. The fourth-order valence-electron chi connectivity index (χ4n) is 2.03. The molecular formula is C14H18N2O4S2. The number of fused-ring (bicyclic) bond motifs is 1. The second-order valence-electron chi connectivity index (χ2n) is 6.05. The Bertz CT molecular complexity index is 886. The van der Waals surface area contributed by atoms with Gasteiger partial charge in [0.2, 0.25) is 0 Å². The number of esters is 1. The molecule has 2 aromatic rings. The molecule has 0 unspecified atom stereocenters. The van der Waals surface area contributed by atoms with Gasteiger partial charge in [0.15, 0.2) is 14.6 Å². The molecular weight excluding hydrogens is 324 g/mol. The number of carbonyl (C=O) groups is 1. The van der Waals surface area contributed by atoms with Gasteiger partial charge in [0, 0.05) is 6.26 Å². The molecule has 0 bridgehead atoms. The van der Waals surface area contributed by atoms with Gasteiger partial charge < -0.3 is 14.3 Å². The number of ether oxygens (including phenoxy) is 1. The molecule has 8 heteroatoms. The van der Waals surface area contributed by atoms with Crippen LogP contribution in [-0.2, 0) is 25.9 Å². The summed E-state index contributed by atoms with van der Waals surface area (Å²) in [5.74, 6) is -0.406. The number of sulfone groups is 1. The first kappa shape index (κ1) is 16.7. The Labute approximate surface area is 134 Å². The molecule has 1 heterocycles. The van der Waals surface area contributed by atoms with Crippen LogP contribution in [0.5, 0.6) is 0 Å². The van der Waals surface area contributed by atoms with E-state index < -0.39 is 21.4 Å². The predicted molar refractivity (Wildman–Crippen MR) is 86.1 cm³/mol. The van der Waals surface area contributed by atoms with Crippen LogP contribution in [0.1, 0.15) is 20.8 Å². The topological polar surface area (TPSA) is 81.2 Å². The number of aromatic amines is 1. The van der Waals surface area contributed by atoms with Crippen LogP contribution in [0.3, 0.4) is 0 Å². The number of benzene rings is 1. The van der Waals surface area contributed by atoms with Crippen molar-refractivity contribution in [2.24, 2.45) is 0 Å². The van der Waals surface area contributed by atoms with Gasteiger partial charge in [-0.1, -0.05) is 0 Å². The minimum absolute atomic E-state index is 0.0334. The van der Waals surface area contributed by atoms with Gasteiger partial charge in [-0.15, -0.1) is 0 Å². The first-order valence-electron chi connectivity index (χ1n) is 6.62. The highest BCUT2D eigenvalue weighted by Crippen LogP contribution is 2.19. The molecule has 0 saturated heterocycles. The van der Waals surface area contributed by atoms with Crippen LogP contribution < -0.4 is 0 Å². The summed E-state index contributed by atoms with van der Waals surface area (Å²) >= 11 is 5.20. The Morgan fingerprint density at radius 1 is 1.36 bits per heavy atom. The van der Waals surface area contributed by atoms with Crippen molar-refractivity contribution in [1.82, 2.24) is 9.55 Å². The third kappa shape index (κ3) is 3.75. The van der Waals surface area contributed by atoms with Gasteiger partial charge in [0.25, 0.3) is 0 Å². The van der Waals surface area contributed by atoms with Gasteiger partial charge in [0.1, 0.15) is 12.1 Å². The van der Waals surface area contributed by atoms with Crippen molar-refractivity contribution in [3.63, 3.8) is 0 Å². The smallest absolute Gasteiger partial charge is 0.326 e. The lowest BCUT2D eigenvalue weighted by Gasteiger charge is -2.19. The molecule has 2 rings (SSSR count). The third-order valence-corrected chi connectivity index (χ3v) is 4.31. The predicted octanol–water partition coefficient (Wildman–Crippen LogP) is 2.44. The molecule has 0 aliphatic carbocycles. The van der Waals surface area contributed by atoms with Crippen molar-refractivity contribution in [2.75, 3.05) is 6.26 Å². The van der Waals surface area contributed by atoms with Crippen LogP contribution in [0.15, 0.2) is 23.1 Å². The Kier molecular flexibility index (Phi) is 4.18. The van der Waals surface area contributed by atoms with Crippen LogP contribution >= 0.6 is 12.2 Å². The monoisotopic (exact) mass is 342 g/mol. The van der Waals surface area contributed by atoms with Gasteiger partial charge in [0.05, 0.1) is 15.9 Å². The zero-order valence-corrected chi connectivity index (χ0v) is 14.5. The first-order chi connectivity index (χ1) is 9.97. The summed E-state index contributed by atoms with van der Waals surface area (Å²) in [4.78, 5) is 15.1. The second kappa shape index (κ2) is 5.51. The van der Waals surface area contributed by atoms with Crippen molar-refractivity contribution in [2.45, 2.75) is 37.8 Å². The Hall–Kier alpha value is -1.67. The highest BCUT2D eigenvalue weighted by molar-refractivity contribution is 7.90. The van der Waals surface area contributed by atoms with Gasteiger partial charge in [-0.25, -0.2) is 8.42 Å². The van der Waals surface area contributed by atoms with E-state index in [-0.39, 0.29) is 11.4 Å². The minimum Gasteiger partial charge on any atom is -0.459 e. The zero-order valence-electron chi connectivity index (χ0n) is 12.8. The van der Waals surface area contributed by atoms with E-state index in [0.29, 0.717) is 15.8 Å². The van der Waals surface area contributed by atoms with Gasteiger partial charge in [-0.3, -0.25) is 4.79 Å². The standard InChI is InChI=1S/C14H18N2O4S2/c1-14(2,3)20-12(17)8-16-11-6-5-9(22(4,18)19)7-10(11)15-13(16)21/h5-7H,8H2,1-4H3,(H,15,21). The summed E-state index contributed by atoms with van der Waals surface area (Å²) in [6.07, 6.45) is 1.14. The lowest BCUT2D eigenvalue weighted by atomic mass is 10.2. The van der Waals surface area contributed by atoms with Crippen LogP contribution in [0.4, 0.5) is 0 Å². The third-order valence-electron chi connectivity index (χ3n) is 2.88. The first-order valence-corrected chi connectivity index (χ1v) is 8.92. The van der Waals surface area contributed by atoms with Crippen molar-refractivity contribution in [3.05, 3.63) is 23.0 Å². The van der Waals surface area contributed by atoms with Crippen LogP contribution in [0, 0.1) is 4.77 Å². The number of nitrogens with zero attached hydrogens (tertiary/aromatic N) is 1. The van der Waals surface area contributed by atoms with E-state index in [9.17, 15) is 13.2 Å². The molecule has 0 radical (unpaired) electrons. The fraction of sp³-hybridized carbons (Fsp3) is 0.429. The quantitative estimate of drug-likeness (QED) is 0.684. The lowest BCUT2D eigenvalue weighted by molar-refractivity contribution is -0.155. The summed E-state index contributed by atoms with van der Waals surface area (Å²) in [5.41, 5.74) is 0.647. The maximum absolute atomic E-state index is 11.9. The highest BCUT2D eigenvalue weighted by atomic mass is 32.2. The van der Waals surface area contributed by atoms with Gasteiger partial charge >= 0.3 is 5.97 Å². The lowest BCUT2D eigenvalue weighted by Crippen LogP contribution is -2.26. The Balaban J connectivity index is 2.42. The zero-order chi connectivity index (χ0) is 16.7. The van der Waals surface area contributed by atoms with Crippen LogP contribution in [0.2, 0.25) is 0 Å². The molecule has 0 saturated carbocycles. The van der Waals surface area contributed by atoms with Crippen molar-refractivity contribution < 1.29 is 17.9 Å². The number of hydrogen-bond donors (Lipinski definition) is 1. The normalized spacial score (nSPS) is 12.5. The van der Waals surface area contributed by atoms with Crippen molar-refractivity contribution in [1.29, 1.82) is 0 Å². The maximum Gasteiger partial charge on any atom is 0.326 e. The van der Waals surface area contributed by atoms with Crippen LogP contribution in [-0.4, -0.2) is 35.8 Å². The molecule has 1 aromatic carbocycles. The second-order valence-corrected chi connectivity index (χ2v) is 8.46. The van der Waals surface area contributed by atoms with E-state index in [1.165, 1.54) is 12.1 Å². The van der Waals surface area contributed by atoms with E-state index >= 15 is 0 Å². The molecule has 0 atom stereocenters. The largest absolute Gasteiger partial charge is 0.459 e. The average molecular weight is 342 g/mol. The maximum atomic E-state index is 11.9. The molecule has 1 aromatic heterocycles. The summed E-state index contributed by atoms with van der Waals surface area (Å²) in [7, 11) is -3.30. The SMILES string of the molecule is CC(C)(C)OC(=O)Cn1c(=S)[nH]c2cc(S(C)(=O)=O)ccc21.